The smallest absolute Gasteiger partial charge is 0.165 e. The number of hydrogen-bond acceptors (Lipinski definition) is 2. The molecule has 0 saturated heterocycles. The topological polar surface area (TPSA) is 21.3 Å². The highest BCUT2D eigenvalue weighted by molar-refractivity contribution is 5.34. The van der Waals surface area contributed by atoms with Gasteiger partial charge in [0.15, 0.2) is 11.6 Å². The number of aryl methyl sites for hydroxylation is 3. The van der Waals surface area contributed by atoms with E-state index in [1.807, 2.05) is 14.0 Å². The van der Waals surface area contributed by atoms with E-state index in [-0.39, 0.29) is 11.9 Å². The molecule has 0 amide bonds. The van der Waals surface area contributed by atoms with Crippen LogP contribution in [0.4, 0.5) is 4.39 Å². The molecule has 1 unspecified atom stereocenters. The molecule has 21 heavy (non-hydrogen) atoms. The van der Waals surface area contributed by atoms with Crippen molar-refractivity contribution in [3.05, 3.63) is 64.5 Å². The van der Waals surface area contributed by atoms with Gasteiger partial charge >= 0.3 is 0 Å². The average molecular weight is 287 g/mol. The van der Waals surface area contributed by atoms with Gasteiger partial charge in [-0.05, 0) is 56.6 Å². The van der Waals surface area contributed by atoms with Crippen molar-refractivity contribution in [3.63, 3.8) is 0 Å². The van der Waals surface area contributed by atoms with Crippen molar-refractivity contribution in [1.29, 1.82) is 0 Å². The number of benzene rings is 2. The second-order valence-corrected chi connectivity index (χ2v) is 5.45. The fourth-order valence-corrected chi connectivity index (χ4v) is 2.36. The van der Waals surface area contributed by atoms with E-state index in [4.69, 9.17) is 4.74 Å². The molecular weight excluding hydrogens is 265 g/mol. The molecule has 0 radical (unpaired) electrons. The highest BCUT2D eigenvalue weighted by atomic mass is 19.1. The monoisotopic (exact) mass is 287 g/mol. The summed E-state index contributed by atoms with van der Waals surface area (Å²) in [6, 6.07) is 11.3. The molecule has 0 saturated carbocycles. The lowest BCUT2D eigenvalue weighted by molar-refractivity contribution is 0.261. The van der Waals surface area contributed by atoms with Crippen LogP contribution in [0.5, 0.6) is 5.75 Å². The minimum Gasteiger partial charge on any atom is -0.489 e. The first-order valence-electron chi connectivity index (χ1n) is 7.14. The van der Waals surface area contributed by atoms with Gasteiger partial charge in [-0.3, -0.25) is 0 Å². The van der Waals surface area contributed by atoms with E-state index in [0.717, 1.165) is 5.56 Å². The summed E-state index contributed by atoms with van der Waals surface area (Å²) in [5, 5.41) is 3.24. The van der Waals surface area contributed by atoms with Crippen LogP contribution in [-0.4, -0.2) is 13.7 Å². The molecule has 0 aromatic heterocycles. The van der Waals surface area contributed by atoms with Gasteiger partial charge in [0, 0.05) is 0 Å². The van der Waals surface area contributed by atoms with E-state index in [0.29, 0.717) is 12.4 Å². The second kappa shape index (κ2) is 6.72. The zero-order valence-corrected chi connectivity index (χ0v) is 13.0. The van der Waals surface area contributed by atoms with Crippen LogP contribution in [-0.2, 0) is 0 Å². The van der Waals surface area contributed by atoms with Crippen LogP contribution in [0.25, 0.3) is 0 Å². The van der Waals surface area contributed by atoms with Crippen LogP contribution in [0.2, 0.25) is 0 Å². The number of nitrogens with one attached hydrogen (secondary N) is 1. The molecule has 0 aliphatic heterocycles. The van der Waals surface area contributed by atoms with Crippen LogP contribution in [0.1, 0.15) is 28.3 Å². The van der Waals surface area contributed by atoms with Gasteiger partial charge in [-0.15, -0.1) is 0 Å². The van der Waals surface area contributed by atoms with E-state index >= 15 is 0 Å². The second-order valence-electron chi connectivity index (χ2n) is 5.45. The first-order chi connectivity index (χ1) is 10.0. The van der Waals surface area contributed by atoms with Crippen molar-refractivity contribution >= 4 is 0 Å². The van der Waals surface area contributed by atoms with Gasteiger partial charge in [0.2, 0.25) is 0 Å². The van der Waals surface area contributed by atoms with E-state index in [9.17, 15) is 4.39 Å². The van der Waals surface area contributed by atoms with Gasteiger partial charge in [-0.25, -0.2) is 4.39 Å². The number of halogens is 1. The highest BCUT2D eigenvalue weighted by Gasteiger charge is 2.14. The Bertz CT molecular complexity index is 625. The van der Waals surface area contributed by atoms with Crippen LogP contribution in [0.3, 0.4) is 0 Å². The molecule has 0 spiro atoms. The predicted octanol–water partition coefficient (Wildman–Crippen LogP) is 4.09. The van der Waals surface area contributed by atoms with Crippen molar-refractivity contribution in [3.8, 4) is 5.75 Å². The van der Waals surface area contributed by atoms with E-state index in [1.165, 1.54) is 22.8 Å². The Balaban J connectivity index is 2.16. The van der Waals surface area contributed by atoms with Gasteiger partial charge in [-0.1, -0.05) is 29.8 Å². The first kappa shape index (κ1) is 15.5. The van der Waals surface area contributed by atoms with Gasteiger partial charge in [0.25, 0.3) is 0 Å². The molecule has 2 aromatic rings. The van der Waals surface area contributed by atoms with Crippen LogP contribution >= 0.6 is 0 Å². The lowest BCUT2D eigenvalue weighted by Crippen LogP contribution is -2.24. The molecule has 0 bridgehead atoms. The van der Waals surface area contributed by atoms with E-state index < -0.39 is 0 Å². The van der Waals surface area contributed by atoms with E-state index in [2.05, 4.69) is 37.4 Å². The summed E-state index contributed by atoms with van der Waals surface area (Å²) in [6.45, 7) is 6.46. The van der Waals surface area contributed by atoms with Crippen molar-refractivity contribution in [2.45, 2.75) is 26.8 Å². The molecule has 0 heterocycles. The summed E-state index contributed by atoms with van der Waals surface area (Å²) in [6.07, 6.45) is 0. The Kier molecular flexibility index (Phi) is 4.97. The van der Waals surface area contributed by atoms with E-state index in [1.54, 1.807) is 12.1 Å². The van der Waals surface area contributed by atoms with Crippen molar-refractivity contribution in [2.75, 3.05) is 13.7 Å². The summed E-state index contributed by atoms with van der Waals surface area (Å²) in [7, 11) is 1.89. The lowest BCUT2D eigenvalue weighted by atomic mass is 9.99. The lowest BCUT2D eigenvalue weighted by Gasteiger charge is -2.20. The Morgan fingerprint density at radius 3 is 2.43 bits per heavy atom. The van der Waals surface area contributed by atoms with Crippen molar-refractivity contribution in [1.82, 2.24) is 5.32 Å². The Morgan fingerprint density at radius 2 is 1.71 bits per heavy atom. The zero-order valence-electron chi connectivity index (χ0n) is 13.0. The maximum absolute atomic E-state index is 13.7. The Morgan fingerprint density at radius 1 is 1.05 bits per heavy atom. The largest absolute Gasteiger partial charge is 0.489 e. The van der Waals surface area contributed by atoms with Gasteiger partial charge in [0.1, 0.15) is 6.61 Å². The fourth-order valence-electron chi connectivity index (χ4n) is 2.36. The number of rotatable bonds is 5. The molecule has 0 fully saturated rings. The SMILES string of the molecule is CNC(COc1cc(C)ccc1F)c1cc(C)ccc1C. The van der Waals surface area contributed by atoms with Crippen molar-refractivity contribution in [2.24, 2.45) is 0 Å². The zero-order chi connectivity index (χ0) is 15.4. The molecule has 1 N–H and O–H groups in total. The number of ether oxygens (including phenoxy) is 1. The van der Waals surface area contributed by atoms with Crippen molar-refractivity contribution < 1.29 is 9.13 Å². The summed E-state index contributed by atoms with van der Waals surface area (Å²) >= 11 is 0. The molecule has 2 aromatic carbocycles. The number of hydrogen-bond donors (Lipinski definition) is 1. The van der Waals surface area contributed by atoms with Crippen LogP contribution in [0.15, 0.2) is 36.4 Å². The fraction of sp³-hybridized carbons (Fsp3) is 0.333. The minimum absolute atomic E-state index is 0.0322. The summed E-state index contributed by atoms with van der Waals surface area (Å²) in [5.74, 6) is -0.0167. The third-order valence-corrected chi connectivity index (χ3v) is 3.65. The number of likely N-dealkylation sites (N-methyl/N-ethyl adjacent to an activating group) is 1. The third kappa shape index (κ3) is 3.82. The quantitative estimate of drug-likeness (QED) is 0.894. The molecule has 112 valence electrons. The molecule has 2 rings (SSSR count). The molecule has 0 aliphatic rings. The van der Waals surface area contributed by atoms with Gasteiger partial charge < -0.3 is 10.1 Å². The van der Waals surface area contributed by atoms with Crippen LogP contribution < -0.4 is 10.1 Å². The third-order valence-electron chi connectivity index (χ3n) is 3.65. The Labute approximate surface area is 126 Å². The predicted molar refractivity (Wildman–Crippen MR) is 84.3 cm³/mol. The summed E-state index contributed by atoms with van der Waals surface area (Å²) in [5.41, 5.74) is 4.58. The minimum atomic E-state index is -0.323. The highest BCUT2D eigenvalue weighted by Crippen LogP contribution is 2.23. The standard InChI is InChI=1S/C18H22FNO/c1-12-5-7-14(3)15(9-12)17(20-4)11-21-18-10-13(2)6-8-16(18)19/h5-10,17,20H,11H2,1-4H3. The van der Waals surface area contributed by atoms with Gasteiger partial charge in [-0.2, -0.15) is 0 Å². The molecule has 2 nitrogen and oxygen atoms in total. The van der Waals surface area contributed by atoms with Crippen LogP contribution in [0, 0.1) is 26.6 Å². The maximum Gasteiger partial charge on any atom is 0.165 e. The summed E-state index contributed by atoms with van der Waals surface area (Å²) < 4.78 is 19.4. The summed E-state index contributed by atoms with van der Waals surface area (Å²) in [4.78, 5) is 0. The molecule has 0 aliphatic carbocycles. The Hall–Kier alpha value is -1.87. The van der Waals surface area contributed by atoms with Gasteiger partial charge in [0.05, 0.1) is 6.04 Å². The molecule has 3 heteroatoms. The molecular formula is C18H22FNO. The molecule has 1 atom stereocenters. The average Bonchev–Trinajstić information content (AvgIpc) is 2.46. The first-order valence-corrected chi connectivity index (χ1v) is 7.14. The maximum atomic E-state index is 13.7. The normalized spacial score (nSPS) is 12.2.